The maximum absolute atomic E-state index is 3.85. The van der Waals surface area contributed by atoms with Gasteiger partial charge in [0.15, 0.2) is 0 Å². The largest absolute Gasteiger partial charge is 0.356 e. The quantitative estimate of drug-likeness (QED) is 0.0507. The van der Waals surface area contributed by atoms with Gasteiger partial charge in [0.2, 0.25) is 0 Å². The average molecular weight is 926 g/mol. The lowest BCUT2D eigenvalue weighted by Crippen LogP contribution is -2.28. The number of anilines is 2. The molecule has 7 aromatic carbocycles. The first kappa shape index (κ1) is 50.7. The summed E-state index contributed by atoms with van der Waals surface area (Å²) in [7, 11) is 0. The lowest BCUT2D eigenvalue weighted by molar-refractivity contribution is 0.398. The normalized spacial score (nSPS) is 12.8. The molecule has 7 aromatic rings. The van der Waals surface area contributed by atoms with Crippen LogP contribution >= 0.6 is 0 Å². The first-order chi connectivity index (χ1) is 34.4. The van der Waals surface area contributed by atoms with Crippen molar-refractivity contribution < 1.29 is 0 Å². The van der Waals surface area contributed by atoms with Crippen molar-refractivity contribution >= 4 is 11.4 Å². The first-order valence-electron chi connectivity index (χ1n) is 27.9. The third kappa shape index (κ3) is 11.9. The van der Waals surface area contributed by atoms with E-state index in [9.17, 15) is 0 Å². The Morgan fingerprint density at radius 1 is 0.357 bits per heavy atom. The smallest absolute Gasteiger partial charge is 0.0387 e. The summed E-state index contributed by atoms with van der Waals surface area (Å²) in [5, 5.41) is 3.85. The van der Waals surface area contributed by atoms with Gasteiger partial charge in [-0.2, -0.15) is 0 Å². The summed E-state index contributed by atoms with van der Waals surface area (Å²) >= 11 is 0. The van der Waals surface area contributed by atoms with Gasteiger partial charge in [0.05, 0.1) is 0 Å². The number of hydrogen-bond acceptors (Lipinski definition) is 1. The zero-order chi connectivity index (χ0) is 48.6. The molecule has 1 aliphatic carbocycles. The summed E-state index contributed by atoms with van der Waals surface area (Å²) in [5.41, 5.74) is 20.2. The number of unbranched alkanes of at least 4 members (excludes halogenated alkanes) is 12. The fraction of sp³-hybridized carbons (Fsp3) is 0.391. The van der Waals surface area contributed by atoms with Crippen LogP contribution in [0.5, 0.6) is 0 Å². The third-order valence-corrected chi connectivity index (χ3v) is 16.1. The van der Waals surface area contributed by atoms with Crippen LogP contribution in [0.3, 0.4) is 0 Å². The molecule has 1 N–H and O–H groups in total. The van der Waals surface area contributed by atoms with E-state index in [-0.39, 0.29) is 10.8 Å². The number of rotatable bonds is 27. The molecule has 70 heavy (non-hydrogen) atoms. The van der Waals surface area contributed by atoms with Crippen molar-refractivity contribution in [2.45, 2.75) is 174 Å². The van der Waals surface area contributed by atoms with Crippen LogP contribution in [-0.4, -0.2) is 0 Å². The topological polar surface area (TPSA) is 12.0 Å². The van der Waals surface area contributed by atoms with Gasteiger partial charge in [0.1, 0.15) is 0 Å². The van der Waals surface area contributed by atoms with Gasteiger partial charge in [-0.1, -0.05) is 276 Å². The van der Waals surface area contributed by atoms with E-state index in [1.807, 2.05) is 0 Å². The average Bonchev–Trinajstić information content (AvgIpc) is 3.67. The summed E-state index contributed by atoms with van der Waals surface area (Å²) in [5.74, 6) is 0. The maximum atomic E-state index is 3.85. The molecular formula is C69H83N. The molecule has 8 rings (SSSR count). The van der Waals surface area contributed by atoms with E-state index in [1.165, 1.54) is 182 Å². The van der Waals surface area contributed by atoms with Crippen molar-refractivity contribution in [2.75, 3.05) is 5.32 Å². The van der Waals surface area contributed by atoms with Gasteiger partial charge < -0.3 is 5.32 Å². The Labute approximate surface area is 424 Å². The third-order valence-electron chi connectivity index (χ3n) is 16.1. The van der Waals surface area contributed by atoms with Crippen LogP contribution in [-0.2, 0) is 10.8 Å². The summed E-state index contributed by atoms with van der Waals surface area (Å²) in [6, 6.07) is 62.9. The van der Waals surface area contributed by atoms with E-state index in [4.69, 9.17) is 0 Å². The molecule has 0 fully saturated rings. The van der Waals surface area contributed by atoms with Crippen LogP contribution in [0.2, 0.25) is 0 Å². The van der Waals surface area contributed by atoms with Gasteiger partial charge in [-0.3, -0.25) is 0 Å². The van der Waals surface area contributed by atoms with Crippen LogP contribution in [0.1, 0.15) is 184 Å². The molecule has 0 unspecified atom stereocenters. The van der Waals surface area contributed by atoms with E-state index in [0.717, 1.165) is 18.5 Å². The number of aryl methyl sites for hydroxylation is 1. The van der Waals surface area contributed by atoms with Gasteiger partial charge in [-0.05, 0) is 124 Å². The molecule has 1 heteroatoms. The van der Waals surface area contributed by atoms with Crippen LogP contribution in [0.15, 0.2) is 164 Å². The van der Waals surface area contributed by atoms with Crippen molar-refractivity contribution in [1.82, 2.24) is 0 Å². The molecule has 0 spiro atoms. The molecule has 0 saturated carbocycles. The molecular weight excluding hydrogens is 843 g/mol. The minimum absolute atomic E-state index is 0.00129. The number of hydrogen-bond donors (Lipinski definition) is 1. The maximum Gasteiger partial charge on any atom is 0.0387 e. The highest BCUT2D eigenvalue weighted by molar-refractivity contribution is 5.83. The molecule has 0 aromatic heterocycles. The summed E-state index contributed by atoms with van der Waals surface area (Å²) in [6.07, 6.45) is 25.7. The lowest BCUT2D eigenvalue weighted by Gasteiger charge is -2.36. The fourth-order valence-electron chi connectivity index (χ4n) is 11.9. The number of benzene rings is 7. The minimum atomic E-state index is -0.00129. The van der Waals surface area contributed by atoms with Gasteiger partial charge in [-0.25, -0.2) is 0 Å². The Bertz CT molecular complexity index is 2620. The van der Waals surface area contributed by atoms with Crippen molar-refractivity contribution in [2.24, 2.45) is 0 Å². The predicted octanol–water partition coefficient (Wildman–Crippen LogP) is 21.2. The molecule has 0 atom stereocenters. The zero-order valence-electron chi connectivity index (χ0n) is 43.7. The van der Waals surface area contributed by atoms with Gasteiger partial charge in [0.25, 0.3) is 0 Å². The minimum Gasteiger partial charge on any atom is -0.356 e. The van der Waals surface area contributed by atoms with Crippen molar-refractivity contribution in [3.63, 3.8) is 0 Å². The highest BCUT2D eigenvalue weighted by Gasteiger charge is 2.42. The number of nitrogens with one attached hydrogen (secondary N) is 1. The van der Waals surface area contributed by atoms with Crippen LogP contribution < -0.4 is 5.32 Å². The van der Waals surface area contributed by atoms with Gasteiger partial charge >= 0.3 is 0 Å². The molecule has 1 aliphatic rings. The van der Waals surface area contributed by atoms with E-state index < -0.39 is 0 Å². The molecule has 0 heterocycles. The monoisotopic (exact) mass is 926 g/mol. The van der Waals surface area contributed by atoms with Crippen molar-refractivity contribution in [3.8, 4) is 44.5 Å². The summed E-state index contributed by atoms with van der Waals surface area (Å²) in [6.45, 7) is 11.5. The molecule has 0 amide bonds. The van der Waals surface area contributed by atoms with Gasteiger partial charge in [0, 0.05) is 22.2 Å². The number of fused-ring (bicyclic) bond motifs is 3. The van der Waals surface area contributed by atoms with E-state index >= 15 is 0 Å². The second kappa shape index (κ2) is 24.9. The van der Waals surface area contributed by atoms with Crippen LogP contribution in [0, 0.1) is 6.92 Å². The van der Waals surface area contributed by atoms with Crippen LogP contribution in [0.4, 0.5) is 11.4 Å². The Morgan fingerprint density at radius 3 is 1.23 bits per heavy atom. The summed E-state index contributed by atoms with van der Waals surface area (Å²) < 4.78 is 0. The van der Waals surface area contributed by atoms with E-state index in [2.05, 4.69) is 204 Å². The standard InChI is InChI=1S/C69H83N/c1-6-10-14-16-18-22-50-69(51-23-19-17-15-11-7-2)66-25-21-20-24-64(66)65-47-46-63(52-67(65)69)70-62-44-38-59(39-45-62)56-32-30-55(31-33-56)58-36-42-61(43-37-58)68(48-12-8-3,49-13-9-4)60-40-34-57(35-41-60)54-28-26-53(5)27-29-54/h20-21,24-47,52,70H,6-19,22-23,48-51H2,1-5H3. The first-order valence-corrected chi connectivity index (χ1v) is 27.9. The van der Waals surface area contributed by atoms with Crippen molar-refractivity contribution in [3.05, 3.63) is 192 Å². The second-order valence-corrected chi connectivity index (χ2v) is 21.0. The van der Waals surface area contributed by atoms with Crippen LogP contribution in [0.25, 0.3) is 44.5 Å². The van der Waals surface area contributed by atoms with E-state index in [1.54, 1.807) is 11.1 Å². The van der Waals surface area contributed by atoms with E-state index in [0.29, 0.717) is 0 Å². The Kier molecular flexibility index (Phi) is 18.1. The molecule has 0 aliphatic heterocycles. The summed E-state index contributed by atoms with van der Waals surface area (Å²) in [4.78, 5) is 0. The highest BCUT2D eigenvalue weighted by atomic mass is 14.9. The Hall–Kier alpha value is -5.66. The fourth-order valence-corrected chi connectivity index (χ4v) is 11.9. The Balaban J connectivity index is 0.976. The molecule has 0 radical (unpaired) electrons. The molecule has 0 saturated heterocycles. The molecule has 0 bridgehead atoms. The zero-order valence-corrected chi connectivity index (χ0v) is 43.7. The Morgan fingerprint density at radius 2 is 0.743 bits per heavy atom. The van der Waals surface area contributed by atoms with Crippen molar-refractivity contribution in [1.29, 1.82) is 0 Å². The van der Waals surface area contributed by atoms with Gasteiger partial charge in [-0.15, -0.1) is 0 Å². The second-order valence-electron chi connectivity index (χ2n) is 21.0. The lowest BCUT2D eigenvalue weighted by atomic mass is 9.67. The predicted molar refractivity (Wildman–Crippen MR) is 306 cm³/mol. The molecule has 1 nitrogen and oxygen atoms in total. The molecule has 364 valence electrons. The SMILES string of the molecule is CCCCCCCCC1(CCCCCCCC)c2ccccc2-c2ccc(Nc3ccc(-c4ccc(-c5ccc(C(CCCC)(CCCC)c6ccc(-c7ccc(C)cc7)cc6)cc5)cc4)cc3)cc21. The highest BCUT2D eigenvalue weighted by Crippen LogP contribution is 2.55.